The van der Waals surface area contributed by atoms with Crippen molar-refractivity contribution in [2.75, 3.05) is 40.9 Å². The van der Waals surface area contributed by atoms with Crippen molar-refractivity contribution in [1.29, 1.82) is 0 Å². The van der Waals surface area contributed by atoms with E-state index in [-0.39, 0.29) is 31.3 Å². The Morgan fingerprint density at radius 3 is 1.39 bits per heavy atom. The molecule has 0 radical (unpaired) electrons. The highest BCUT2D eigenvalue weighted by molar-refractivity contribution is 7.45. The molecule has 0 rings (SSSR count). The lowest BCUT2D eigenvalue weighted by atomic mass is 10.0. The summed E-state index contributed by atoms with van der Waals surface area (Å²) in [5, 5.41) is 3.01. The second-order valence-corrected chi connectivity index (χ2v) is 22.2. The first-order valence-electron chi connectivity index (χ1n) is 29.1. The minimum Gasteiger partial charge on any atom is -0.756 e. The van der Waals surface area contributed by atoms with Gasteiger partial charge in [-0.25, -0.2) is 0 Å². The smallest absolute Gasteiger partial charge is 0.306 e. The summed E-state index contributed by atoms with van der Waals surface area (Å²) < 4.78 is 30.2. The summed E-state index contributed by atoms with van der Waals surface area (Å²) in [5.74, 6) is -0.572. The molecule has 3 unspecified atom stereocenters. The number of carbonyl (C=O) groups excluding carboxylic acids is 2. The molecule has 0 spiro atoms. The fourth-order valence-corrected chi connectivity index (χ4v) is 8.94. The maximum atomic E-state index is 13.5. The number of allylic oxidation sites excluding steroid dienone is 9. The zero-order valence-electron chi connectivity index (χ0n) is 46.5. The van der Waals surface area contributed by atoms with Crippen LogP contribution >= 0.6 is 7.82 Å². The molecule has 0 fully saturated rings. The lowest BCUT2D eigenvalue weighted by Crippen LogP contribution is -2.47. The van der Waals surface area contributed by atoms with Gasteiger partial charge in [-0.1, -0.05) is 236 Å². The van der Waals surface area contributed by atoms with Crippen molar-refractivity contribution in [3.05, 3.63) is 60.8 Å². The van der Waals surface area contributed by atoms with E-state index in [4.69, 9.17) is 13.8 Å². The topological polar surface area (TPSA) is 114 Å². The van der Waals surface area contributed by atoms with Crippen molar-refractivity contribution in [3.8, 4) is 0 Å². The highest BCUT2D eigenvalue weighted by Gasteiger charge is 2.27. The van der Waals surface area contributed by atoms with Gasteiger partial charge in [-0.2, -0.15) is 0 Å². The zero-order chi connectivity index (χ0) is 51.5. The molecule has 0 saturated heterocycles. The maximum absolute atomic E-state index is 13.5. The van der Waals surface area contributed by atoms with Crippen molar-refractivity contribution in [2.45, 2.75) is 270 Å². The first kappa shape index (κ1) is 67.7. The van der Waals surface area contributed by atoms with Crippen LogP contribution < -0.4 is 10.2 Å². The molecule has 408 valence electrons. The molecule has 0 aromatic carbocycles. The Morgan fingerprint density at radius 1 is 0.514 bits per heavy atom. The van der Waals surface area contributed by atoms with Gasteiger partial charge < -0.3 is 28.5 Å². The molecule has 1 amide bonds. The minimum atomic E-state index is -4.70. The number of carbonyl (C=O) groups is 2. The minimum absolute atomic E-state index is 0.0290. The third kappa shape index (κ3) is 50.6. The fraction of sp³-hybridized carbons (Fsp3) is 0.800. The molecule has 10 heteroatoms. The number of hydrogen-bond donors (Lipinski definition) is 1. The number of phosphoric ester groups is 1. The van der Waals surface area contributed by atoms with Crippen molar-refractivity contribution in [1.82, 2.24) is 5.32 Å². The summed E-state index contributed by atoms with van der Waals surface area (Å²) in [6.07, 6.45) is 61.8. The first-order valence-corrected chi connectivity index (χ1v) is 30.6. The molecule has 0 heterocycles. The van der Waals surface area contributed by atoms with Crippen LogP contribution in [0, 0.1) is 0 Å². The van der Waals surface area contributed by atoms with E-state index in [1.807, 2.05) is 33.3 Å². The van der Waals surface area contributed by atoms with Crippen LogP contribution in [0.25, 0.3) is 0 Å². The van der Waals surface area contributed by atoms with Gasteiger partial charge >= 0.3 is 5.97 Å². The summed E-state index contributed by atoms with van der Waals surface area (Å²) in [6, 6.07) is -0.903. The van der Waals surface area contributed by atoms with Gasteiger partial charge in [0.25, 0.3) is 7.82 Å². The quantitative estimate of drug-likeness (QED) is 0.0212. The Morgan fingerprint density at radius 2 is 0.914 bits per heavy atom. The number of hydrogen-bond acceptors (Lipinski definition) is 7. The average molecular weight is 1000 g/mol. The molecule has 0 aromatic rings. The van der Waals surface area contributed by atoms with Gasteiger partial charge in [0, 0.05) is 12.8 Å². The fourth-order valence-electron chi connectivity index (χ4n) is 8.22. The summed E-state index contributed by atoms with van der Waals surface area (Å²) >= 11 is 0. The second kappa shape index (κ2) is 50.3. The van der Waals surface area contributed by atoms with E-state index >= 15 is 0 Å². The highest BCUT2D eigenvalue weighted by Crippen LogP contribution is 2.38. The number of likely N-dealkylation sites (N-methyl/N-ethyl adjacent to an activating group) is 1. The maximum Gasteiger partial charge on any atom is 0.306 e. The molecule has 0 aromatic heterocycles. The van der Waals surface area contributed by atoms with Gasteiger partial charge in [-0.05, 0) is 70.3 Å². The molecule has 70 heavy (non-hydrogen) atoms. The molecule has 0 aliphatic rings. The van der Waals surface area contributed by atoms with E-state index in [1.54, 1.807) is 0 Å². The van der Waals surface area contributed by atoms with E-state index in [9.17, 15) is 19.0 Å². The predicted octanol–water partition coefficient (Wildman–Crippen LogP) is 16.9. The van der Waals surface area contributed by atoms with E-state index in [2.05, 4.69) is 74.7 Å². The van der Waals surface area contributed by atoms with E-state index in [0.717, 1.165) is 83.5 Å². The van der Waals surface area contributed by atoms with E-state index in [1.165, 1.54) is 135 Å². The number of phosphoric acid groups is 1. The molecule has 0 bridgehead atoms. The van der Waals surface area contributed by atoms with Crippen molar-refractivity contribution in [3.63, 3.8) is 0 Å². The van der Waals surface area contributed by atoms with Gasteiger partial charge in [0.2, 0.25) is 5.91 Å². The SMILES string of the molecule is CC/C=C/C/C=C/C/C=C/C/C=C/CCCCCC(=O)NC(COP(=O)([O-])OCC[N+](C)(C)C)C(/C=C/CCCCCCCCCCCCC)OC(=O)CCCCCCCCCCCCCCCCC. The van der Waals surface area contributed by atoms with Crippen LogP contribution in [0.5, 0.6) is 0 Å². The number of rotatable bonds is 52. The van der Waals surface area contributed by atoms with Gasteiger partial charge in [-0.3, -0.25) is 14.2 Å². The summed E-state index contributed by atoms with van der Waals surface area (Å²) in [5.41, 5.74) is 0. The third-order valence-electron chi connectivity index (χ3n) is 12.7. The summed E-state index contributed by atoms with van der Waals surface area (Å²) in [6.45, 7) is 6.71. The number of amides is 1. The Kier molecular flexibility index (Phi) is 48.6. The van der Waals surface area contributed by atoms with Crippen LogP contribution in [-0.2, 0) is 27.9 Å². The largest absolute Gasteiger partial charge is 0.756 e. The Balaban J connectivity index is 5.41. The average Bonchev–Trinajstić information content (AvgIpc) is 3.32. The standard InChI is InChI=1S/C60H111N2O7P/c1-7-10-13-16-19-22-25-28-30-32-34-37-40-43-46-49-52-59(63)61-57(56-68-70(65,66)67-55-54-62(4,5)6)58(51-48-45-42-39-36-33-27-24-21-18-15-12-9-3)69-60(64)53-50-47-44-41-38-35-31-29-26-23-20-17-14-11-8-2/h10,13,19,22,28,30,34,37,48,51,57-58H,7-9,11-12,14-18,20-21,23-27,29,31-33,35-36,38-47,49-50,52-56H2,1-6H3,(H-,61,63,65,66)/b13-10+,22-19+,30-28+,37-34+,51-48+. The monoisotopic (exact) mass is 1000 g/mol. The van der Waals surface area contributed by atoms with Crippen LogP contribution in [-0.4, -0.2) is 69.4 Å². The van der Waals surface area contributed by atoms with Crippen molar-refractivity contribution >= 4 is 19.7 Å². The molecule has 0 saturated carbocycles. The number of quaternary nitrogens is 1. The van der Waals surface area contributed by atoms with Gasteiger partial charge in [0.15, 0.2) is 0 Å². The van der Waals surface area contributed by atoms with Gasteiger partial charge in [-0.15, -0.1) is 0 Å². The first-order chi connectivity index (χ1) is 33.9. The lowest BCUT2D eigenvalue weighted by molar-refractivity contribution is -0.870. The van der Waals surface area contributed by atoms with Crippen molar-refractivity contribution < 1.29 is 37.3 Å². The van der Waals surface area contributed by atoms with Crippen LogP contribution in [0.1, 0.15) is 258 Å². The van der Waals surface area contributed by atoms with Crippen LogP contribution in [0.15, 0.2) is 60.8 Å². The van der Waals surface area contributed by atoms with Crippen molar-refractivity contribution in [2.24, 2.45) is 0 Å². The van der Waals surface area contributed by atoms with Gasteiger partial charge in [0.05, 0.1) is 33.8 Å². The third-order valence-corrected chi connectivity index (χ3v) is 13.7. The van der Waals surface area contributed by atoms with E-state index in [0.29, 0.717) is 17.4 Å². The number of ether oxygens (including phenoxy) is 1. The summed E-state index contributed by atoms with van der Waals surface area (Å²) in [4.78, 5) is 39.9. The molecule has 9 nitrogen and oxygen atoms in total. The highest BCUT2D eigenvalue weighted by atomic mass is 31.2. The second-order valence-electron chi connectivity index (χ2n) is 20.8. The molecule has 0 aliphatic carbocycles. The predicted molar refractivity (Wildman–Crippen MR) is 298 cm³/mol. The molecule has 1 N–H and O–H groups in total. The van der Waals surface area contributed by atoms with Crippen LogP contribution in [0.4, 0.5) is 0 Å². The number of unbranched alkanes of at least 4 members (excludes halogenated alkanes) is 28. The number of esters is 1. The summed E-state index contributed by atoms with van der Waals surface area (Å²) in [7, 11) is 1.16. The molecule has 0 aliphatic heterocycles. The number of nitrogens with one attached hydrogen (secondary N) is 1. The van der Waals surface area contributed by atoms with Crippen LogP contribution in [0.3, 0.4) is 0 Å². The lowest BCUT2D eigenvalue weighted by Gasteiger charge is -2.30. The number of nitrogens with zero attached hydrogens (tertiary/aromatic N) is 1. The molecular formula is C60H111N2O7P. The Hall–Kier alpha value is -2.29. The van der Waals surface area contributed by atoms with Crippen LogP contribution in [0.2, 0.25) is 0 Å². The Bertz CT molecular complexity index is 1390. The van der Waals surface area contributed by atoms with E-state index < -0.39 is 26.6 Å². The molecular weight excluding hydrogens is 892 g/mol. The normalized spacial score (nSPS) is 14.2. The molecule has 3 atom stereocenters. The Labute approximate surface area is 432 Å². The van der Waals surface area contributed by atoms with Gasteiger partial charge in [0.1, 0.15) is 19.3 Å². The zero-order valence-corrected chi connectivity index (χ0v) is 47.4.